The number of esters is 1. The highest BCUT2D eigenvalue weighted by molar-refractivity contribution is 5.82. The first-order valence-electron chi connectivity index (χ1n) is 6.87. The fraction of sp³-hybridized carbons (Fsp3) is 0.667. The second-order valence-corrected chi connectivity index (χ2v) is 4.79. The molecule has 4 nitrogen and oxygen atoms in total. The maximum atomic E-state index is 11.6. The van der Waals surface area contributed by atoms with Crippen molar-refractivity contribution in [3.8, 4) is 0 Å². The van der Waals surface area contributed by atoms with Gasteiger partial charge in [0, 0.05) is 6.08 Å². The predicted octanol–water partition coefficient (Wildman–Crippen LogP) is 2.98. The standard InChI is InChI=1S/C15H24O4/c1-4-5-6-9-17-15-13(8-7-10-18-15)19-14(16)11-12(2)3/h5-6,11,13,15H,4,7-10H2,1-3H3. The molecule has 1 fully saturated rings. The van der Waals surface area contributed by atoms with E-state index in [0.717, 1.165) is 24.8 Å². The summed E-state index contributed by atoms with van der Waals surface area (Å²) in [6.45, 7) is 6.93. The minimum atomic E-state index is -0.454. The zero-order chi connectivity index (χ0) is 14.1. The Hall–Kier alpha value is -1.13. The van der Waals surface area contributed by atoms with Crippen LogP contribution in [0.1, 0.15) is 40.0 Å². The molecule has 0 spiro atoms. The summed E-state index contributed by atoms with van der Waals surface area (Å²) in [4.78, 5) is 11.6. The lowest BCUT2D eigenvalue weighted by Crippen LogP contribution is -2.39. The number of hydrogen-bond acceptors (Lipinski definition) is 4. The van der Waals surface area contributed by atoms with Gasteiger partial charge in [-0.05, 0) is 33.1 Å². The summed E-state index contributed by atoms with van der Waals surface area (Å²) in [6, 6.07) is 0. The van der Waals surface area contributed by atoms with E-state index < -0.39 is 6.29 Å². The molecule has 4 heteroatoms. The van der Waals surface area contributed by atoms with Crippen LogP contribution >= 0.6 is 0 Å². The van der Waals surface area contributed by atoms with Crippen molar-refractivity contribution in [2.24, 2.45) is 0 Å². The number of rotatable bonds is 6. The molecule has 0 radical (unpaired) electrons. The summed E-state index contributed by atoms with van der Waals surface area (Å²) in [6.07, 6.45) is 7.36. The molecular formula is C15H24O4. The molecule has 0 amide bonds. The van der Waals surface area contributed by atoms with Crippen LogP contribution in [0.3, 0.4) is 0 Å². The van der Waals surface area contributed by atoms with Crippen LogP contribution in [0.5, 0.6) is 0 Å². The van der Waals surface area contributed by atoms with Gasteiger partial charge in [0.15, 0.2) is 12.4 Å². The second kappa shape index (κ2) is 8.88. The molecule has 0 N–H and O–H groups in total. The van der Waals surface area contributed by atoms with Crippen LogP contribution in [0.2, 0.25) is 0 Å². The van der Waals surface area contributed by atoms with Gasteiger partial charge in [-0.2, -0.15) is 0 Å². The van der Waals surface area contributed by atoms with Crippen LogP contribution in [0.4, 0.5) is 0 Å². The Bertz CT molecular complexity index is 329. The average Bonchev–Trinajstić information content (AvgIpc) is 2.35. The topological polar surface area (TPSA) is 44.8 Å². The SMILES string of the molecule is CCC=CCOC1OCCCC1OC(=O)C=C(C)C. The van der Waals surface area contributed by atoms with Crippen molar-refractivity contribution in [2.75, 3.05) is 13.2 Å². The van der Waals surface area contributed by atoms with Crippen molar-refractivity contribution in [1.82, 2.24) is 0 Å². The van der Waals surface area contributed by atoms with Gasteiger partial charge in [0.1, 0.15) is 0 Å². The van der Waals surface area contributed by atoms with Crippen LogP contribution in [0.25, 0.3) is 0 Å². The Morgan fingerprint density at radius 1 is 1.37 bits per heavy atom. The first-order chi connectivity index (χ1) is 9.13. The number of hydrogen-bond donors (Lipinski definition) is 0. The summed E-state index contributed by atoms with van der Waals surface area (Å²) in [7, 11) is 0. The number of allylic oxidation sites excluding steroid dienone is 2. The number of carbonyl (C=O) groups excluding carboxylic acids is 1. The minimum Gasteiger partial charge on any atom is -0.454 e. The van der Waals surface area contributed by atoms with Gasteiger partial charge in [-0.3, -0.25) is 0 Å². The van der Waals surface area contributed by atoms with Gasteiger partial charge in [-0.25, -0.2) is 4.79 Å². The molecular weight excluding hydrogens is 244 g/mol. The number of ether oxygens (including phenoxy) is 3. The Morgan fingerprint density at radius 2 is 2.16 bits per heavy atom. The molecule has 1 saturated heterocycles. The maximum absolute atomic E-state index is 11.6. The monoisotopic (exact) mass is 268 g/mol. The molecule has 1 heterocycles. The molecule has 2 unspecified atom stereocenters. The lowest BCUT2D eigenvalue weighted by Gasteiger charge is -2.30. The fourth-order valence-corrected chi connectivity index (χ4v) is 1.80. The molecule has 108 valence electrons. The van der Waals surface area contributed by atoms with E-state index in [9.17, 15) is 4.79 Å². The first kappa shape index (κ1) is 15.9. The Kier molecular flexibility index (Phi) is 7.45. The van der Waals surface area contributed by atoms with Crippen LogP contribution in [0, 0.1) is 0 Å². The maximum Gasteiger partial charge on any atom is 0.331 e. The zero-order valence-corrected chi connectivity index (χ0v) is 12.1. The van der Waals surface area contributed by atoms with E-state index in [-0.39, 0.29) is 12.1 Å². The molecule has 0 bridgehead atoms. The van der Waals surface area contributed by atoms with Gasteiger partial charge in [-0.15, -0.1) is 0 Å². The minimum absolute atomic E-state index is 0.313. The van der Waals surface area contributed by atoms with Crippen molar-refractivity contribution in [1.29, 1.82) is 0 Å². The zero-order valence-electron chi connectivity index (χ0n) is 12.1. The highest BCUT2D eigenvalue weighted by Gasteiger charge is 2.29. The Balaban J connectivity index is 2.45. The van der Waals surface area contributed by atoms with Gasteiger partial charge >= 0.3 is 5.97 Å². The highest BCUT2D eigenvalue weighted by Crippen LogP contribution is 2.19. The van der Waals surface area contributed by atoms with Crippen molar-refractivity contribution in [3.63, 3.8) is 0 Å². The molecule has 19 heavy (non-hydrogen) atoms. The largest absolute Gasteiger partial charge is 0.454 e. The molecule has 1 aliphatic heterocycles. The van der Waals surface area contributed by atoms with Gasteiger partial charge in [0.25, 0.3) is 0 Å². The van der Waals surface area contributed by atoms with E-state index in [0.29, 0.717) is 13.2 Å². The molecule has 0 saturated carbocycles. The van der Waals surface area contributed by atoms with Crippen molar-refractivity contribution >= 4 is 5.97 Å². The predicted molar refractivity (Wildman–Crippen MR) is 73.7 cm³/mol. The third-order valence-corrected chi connectivity index (χ3v) is 2.65. The van der Waals surface area contributed by atoms with Crippen LogP contribution in [0.15, 0.2) is 23.8 Å². The molecule has 0 aromatic carbocycles. The summed E-state index contributed by atoms with van der Waals surface area (Å²) in [5, 5.41) is 0. The van der Waals surface area contributed by atoms with E-state index in [4.69, 9.17) is 14.2 Å². The third-order valence-electron chi connectivity index (χ3n) is 2.65. The van der Waals surface area contributed by atoms with Crippen LogP contribution in [-0.4, -0.2) is 31.6 Å². The Morgan fingerprint density at radius 3 is 2.84 bits per heavy atom. The second-order valence-electron chi connectivity index (χ2n) is 4.79. The van der Waals surface area contributed by atoms with E-state index in [1.54, 1.807) is 0 Å². The highest BCUT2D eigenvalue weighted by atomic mass is 16.7. The van der Waals surface area contributed by atoms with E-state index >= 15 is 0 Å². The van der Waals surface area contributed by atoms with Crippen molar-refractivity contribution in [3.05, 3.63) is 23.8 Å². The smallest absolute Gasteiger partial charge is 0.331 e. The summed E-state index contributed by atoms with van der Waals surface area (Å²) < 4.78 is 16.5. The fourth-order valence-electron chi connectivity index (χ4n) is 1.80. The van der Waals surface area contributed by atoms with Gasteiger partial charge in [-0.1, -0.05) is 24.6 Å². The number of carbonyl (C=O) groups is 1. The van der Waals surface area contributed by atoms with Crippen LogP contribution in [-0.2, 0) is 19.0 Å². The lowest BCUT2D eigenvalue weighted by atomic mass is 10.1. The molecule has 1 rings (SSSR count). The Labute approximate surface area is 115 Å². The van der Waals surface area contributed by atoms with Gasteiger partial charge in [0.05, 0.1) is 13.2 Å². The first-order valence-corrected chi connectivity index (χ1v) is 6.87. The quantitative estimate of drug-likeness (QED) is 0.422. The lowest BCUT2D eigenvalue weighted by molar-refractivity contribution is -0.220. The van der Waals surface area contributed by atoms with Crippen LogP contribution < -0.4 is 0 Å². The summed E-state index contributed by atoms with van der Waals surface area (Å²) in [5.41, 5.74) is 0.921. The molecule has 0 aromatic rings. The van der Waals surface area contributed by atoms with E-state index in [2.05, 4.69) is 6.92 Å². The van der Waals surface area contributed by atoms with Gasteiger partial charge < -0.3 is 14.2 Å². The molecule has 1 aliphatic rings. The normalized spacial score (nSPS) is 23.3. The summed E-state index contributed by atoms with van der Waals surface area (Å²) in [5.74, 6) is -0.326. The van der Waals surface area contributed by atoms with Crippen molar-refractivity contribution < 1.29 is 19.0 Å². The van der Waals surface area contributed by atoms with E-state index in [1.165, 1.54) is 6.08 Å². The third kappa shape index (κ3) is 6.55. The molecule has 0 aliphatic carbocycles. The van der Waals surface area contributed by atoms with Crippen molar-refractivity contribution in [2.45, 2.75) is 52.4 Å². The molecule has 2 atom stereocenters. The molecule has 0 aromatic heterocycles. The summed E-state index contributed by atoms with van der Waals surface area (Å²) >= 11 is 0. The average molecular weight is 268 g/mol. The van der Waals surface area contributed by atoms with E-state index in [1.807, 2.05) is 26.0 Å². The van der Waals surface area contributed by atoms with Gasteiger partial charge in [0.2, 0.25) is 0 Å².